The molecule has 0 heterocycles. The summed E-state index contributed by atoms with van der Waals surface area (Å²) in [5, 5.41) is 32.0. The summed E-state index contributed by atoms with van der Waals surface area (Å²) in [5.41, 5.74) is -1.98. The van der Waals surface area contributed by atoms with Gasteiger partial charge in [0.05, 0.1) is 25.0 Å². The Kier molecular flexibility index (Phi) is 5.41. The molecule has 0 spiro atoms. The largest absolute Gasteiger partial charge is 0.479 e. The lowest BCUT2D eigenvalue weighted by atomic mass is 10.1. The molecule has 0 saturated carbocycles. The number of hydrogen-bond donors (Lipinski definition) is 3. The molecule has 1 aromatic rings. The third-order valence-electron chi connectivity index (χ3n) is 2.92. The highest BCUT2D eigenvalue weighted by molar-refractivity contribution is 5.78. The van der Waals surface area contributed by atoms with E-state index in [2.05, 4.69) is 10.1 Å². The van der Waals surface area contributed by atoms with Crippen molar-refractivity contribution < 1.29 is 29.5 Å². The van der Waals surface area contributed by atoms with E-state index in [9.17, 15) is 24.8 Å². The van der Waals surface area contributed by atoms with Gasteiger partial charge in [-0.2, -0.15) is 0 Å². The van der Waals surface area contributed by atoms with Crippen molar-refractivity contribution in [3.05, 3.63) is 33.9 Å². The van der Waals surface area contributed by atoms with Gasteiger partial charge < -0.3 is 20.3 Å². The minimum atomic E-state index is -2.07. The summed E-state index contributed by atoms with van der Waals surface area (Å²) < 4.78 is 4.48. The Bertz CT molecular complexity index is 598. The predicted octanol–water partition coefficient (Wildman–Crippen LogP) is 0.558. The van der Waals surface area contributed by atoms with Crippen LogP contribution in [0.3, 0.4) is 0 Å². The summed E-state index contributed by atoms with van der Waals surface area (Å²) in [4.78, 5) is 32.4. The zero-order valence-corrected chi connectivity index (χ0v) is 12.0. The first-order valence-electron chi connectivity index (χ1n) is 6.21. The fraction of sp³-hybridized carbons (Fsp3) is 0.385. The van der Waals surface area contributed by atoms with E-state index < -0.39 is 29.0 Å². The molecule has 0 bridgehead atoms. The Labute approximate surface area is 125 Å². The van der Waals surface area contributed by atoms with E-state index in [4.69, 9.17) is 5.11 Å². The molecule has 0 aliphatic rings. The van der Waals surface area contributed by atoms with Crippen LogP contribution in [0.5, 0.6) is 0 Å². The van der Waals surface area contributed by atoms with Crippen LogP contribution in [0.1, 0.15) is 12.5 Å². The maximum atomic E-state index is 11.2. The molecule has 0 saturated heterocycles. The van der Waals surface area contributed by atoms with Crippen molar-refractivity contribution in [1.29, 1.82) is 0 Å². The summed E-state index contributed by atoms with van der Waals surface area (Å²) in [6.07, 6.45) is -0.121. The number of carbonyl (C=O) groups is 2. The molecule has 22 heavy (non-hydrogen) atoms. The quantitative estimate of drug-likeness (QED) is 0.377. The molecule has 0 aliphatic carbocycles. The second-order valence-corrected chi connectivity index (χ2v) is 4.79. The van der Waals surface area contributed by atoms with Crippen LogP contribution in [-0.2, 0) is 20.7 Å². The maximum Gasteiger partial charge on any atom is 0.337 e. The van der Waals surface area contributed by atoms with Gasteiger partial charge in [-0.3, -0.25) is 14.9 Å². The van der Waals surface area contributed by atoms with E-state index in [-0.39, 0.29) is 17.8 Å². The number of carbonyl (C=O) groups excluding carboxylic acids is 1. The first kappa shape index (κ1) is 17.4. The van der Waals surface area contributed by atoms with E-state index in [0.29, 0.717) is 5.56 Å². The van der Waals surface area contributed by atoms with Crippen LogP contribution in [-0.4, -0.2) is 46.3 Å². The van der Waals surface area contributed by atoms with E-state index in [1.54, 1.807) is 0 Å². The number of esters is 1. The number of benzene rings is 1. The number of carboxylic acids is 1. The van der Waals surface area contributed by atoms with Gasteiger partial charge >= 0.3 is 11.9 Å². The average Bonchev–Trinajstić information content (AvgIpc) is 2.45. The second-order valence-electron chi connectivity index (χ2n) is 4.79. The zero-order chi connectivity index (χ0) is 16.9. The average molecular weight is 312 g/mol. The van der Waals surface area contributed by atoms with Gasteiger partial charge in [0.2, 0.25) is 0 Å². The van der Waals surface area contributed by atoms with E-state index in [0.717, 1.165) is 6.92 Å². The number of nitro groups is 1. The summed E-state index contributed by atoms with van der Waals surface area (Å²) in [5.74, 6) is -1.99. The summed E-state index contributed by atoms with van der Waals surface area (Å²) in [6, 6.07) is 4.00. The molecule has 3 N–H and O–H groups in total. The zero-order valence-electron chi connectivity index (χ0n) is 12.0. The van der Waals surface area contributed by atoms with Gasteiger partial charge in [-0.15, -0.1) is 0 Å². The minimum Gasteiger partial charge on any atom is -0.479 e. The SMILES string of the molecule is COC(=O)Cc1ccc(NCC(C)(O)C(=O)O)c([N+](=O)[O-])c1. The highest BCUT2D eigenvalue weighted by Gasteiger charge is 2.30. The Hall–Kier alpha value is -2.68. The van der Waals surface area contributed by atoms with Crippen molar-refractivity contribution in [3.8, 4) is 0 Å². The number of hydrogen-bond acceptors (Lipinski definition) is 7. The molecule has 0 radical (unpaired) electrons. The van der Waals surface area contributed by atoms with Gasteiger partial charge in [0.15, 0.2) is 5.60 Å². The first-order chi connectivity index (χ1) is 10.2. The summed E-state index contributed by atoms with van der Waals surface area (Å²) in [7, 11) is 1.21. The molecule has 0 fully saturated rings. The van der Waals surface area contributed by atoms with Gasteiger partial charge in [0, 0.05) is 6.07 Å². The number of nitrogens with one attached hydrogen (secondary N) is 1. The third-order valence-corrected chi connectivity index (χ3v) is 2.92. The number of carboxylic acid groups (broad SMARTS) is 1. The molecule has 0 aliphatic heterocycles. The van der Waals surface area contributed by atoms with Crippen molar-refractivity contribution in [2.75, 3.05) is 19.0 Å². The van der Waals surface area contributed by atoms with E-state index >= 15 is 0 Å². The van der Waals surface area contributed by atoms with Crippen molar-refractivity contribution in [3.63, 3.8) is 0 Å². The molecule has 9 nitrogen and oxygen atoms in total. The highest BCUT2D eigenvalue weighted by atomic mass is 16.6. The number of rotatable bonds is 7. The summed E-state index contributed by atoms with van der Waals surface area (Å²) >= 11 is 0. The number of methoxy groups -OCH3 is 1. The number of nitro benzene ring substituents is 1. The van der Waals surface area contributed by atoms with Gasteiger partial charge in [-0.1, -0.05) is 6.07 Å². The molecule has 1 rings (SSSR count). The first-order valence-corrected chi connectivity index (χ1v) is 6.21. The monoisotopic (exact) mass is 312 g/mol. The van der Waals surface area contributed by atoms with Crippen LogP contribution in [0.2, 0.25) is 0 Å². The fourth-order valence-corrected chi connectivity index (χ4v) is 1.57. The number of ether oxygens (including phenoxy) is 1. The van der Waals surface area contributed by atoms with Crippen LogP contribution in [0, 0.1) is 10.1 Å². The highest BCUT2D eigenvalue weighted by Crippen LogP contribution is 2.26. The Morgan fingerprint density at radius 3 is 2.59 bits per heavy atom. The van der Waals surface area contributed by atoms with Crippen molar-refractivity contribution in [1.82, 2.24) is 0 Å². The standard InChI is InChI=1S/C13H16N2O7/c1-13(19,12(17)18)7-14-9-4-3-8(6-11(16)22-2)5-10(9)15(20)21/h3-5,14,19H,6-7H2,1-2H3,(H,17,18). The van der Waals surface area contributed by atoms with Crippen LogP contribution >= 0.6 is 0 Å². The number of aliphatic hydroxyl groups is 1. The molecule has 9 heteroatoms. The van der Waals surface area contributed by atoms with Crippen molar-refractivity contribution in [2.24, 2.45) is 0 Å². The van der Waals surface area contributed by atoms with Crippen LogP contribution in [0.25, 0.3) is 0 Å². The number of nitrogens with zero attached hydrogens (tertiary/aromatic N) is 1. The van der Waals surface area contributed by atoms with E-state index in [1.807, 2.05) is 0 Å². The fourth-order valence-electron chi connectivity index (χ4n) is 1.57. The topological polar surface area (TPSA) is 139 Å². The van der Waals surface area contributed by atoms with Gasteiger partial charge in [0.1, 0.15) is 5.69 Å². The van der Waals surface area contributed by atoms with Crippen LogP contribution in [0.4, 0.5) is 11.4 Å². The minimum absolute atomic E-state index is 0.0418. The summed E-state index contributed by atoms with van der Waals surface area (Å²) in [6.45, 7) is 0.652. The molecule has 120 valence electrons. The molecule has 0 amide bonds. The van der Waals surface area contributed by atoms with Crippen molar-refractivity contribution in [2.45, 2.75) is 18.9 Å². The van der Waals surface area contributed by atoms with Crippen molar-refractivity contribution >= 4 is 23.3 Å². The smallest absolute Gasteiger partial charge is 0.337 e. The lowest BCUT2D eigenvalue weighted by molar-refractivity contribution is -0.384. The Morgan fingerprint density at radius 2 is 2.09 bits per heavy atom. The Balaban J connectivity index is 2.98. The lowest BCUT2D eigenvalue weighted by Crippen LogP contribution is -2.41. The molecule has 1 unspecified atom stereocenters. The van der Waals surface area contributed by atoms with Crippen LogP contribution < -0.4 is 5.32 Å². The van der Waals surface area contributed by atoms with Gasteiger partial charge in [-0.25, -0.2) is 4.79 Å². The maximum absolute atomic E-state index is 11.2. The lowest BCUT2D eigenvalue weighted by Gasteiger charge is -2.19. The third kappa shape index (κ3) is 4.42. The Morgan fingerprint density at radius 1 is 1.45 bits per heavy atom. The number of aliphatic carboxylic acids is 1. The van der Waals surface area contributed by atoms with E-state index in [1.165, 1.54) is 25.3 Å². The normalized spacial score (nSPS) is 13.0. The second kappa shape index (κ2) is 6.85. The molecule has 0 aromatic heterocycles. The van der Waals surface area contributed by atoms with Gasteiger partial charge in [0.25, 0.3) is 5.69 Å². The molecular weight excluding hydrogens is 296 g/mol. The number of anilines is 1. The van der Waals surface area contributed by atoms with Gasteiger partial charge in [-0.05, 0) is 18.6 Å². The molecule has 1 atom stereocenters. The predicted molar refractivity (Wildman–Crippen MR) is 75.6 cm³/mol. The van der Waals surface area contributed by atoms with Crippen LogP contribution in [0.15, 0.2) is 18.2 Å². The molecule has 1 aromatic carbocycles. The molecular formula is C13H16N2O7.